The van der Waals surface area contributed by atoms with E-state index in [4.69, 9.17) is 9.47 Å². The second-order valence-electron chi connectivity index (χ2n) is 11.8. The van der Waals surface area contributed by atoms with E-state index in [0.29, 0.717) is 47.2 Å². The van der Waals surface area contributed by atoms with E-state index in [1.807, 2.05) is 14.2 Å². The molecule has 0 radical (unpaired) electrons. The van der Waals surface area contributed by atoms with Crippen LogP contribution < -0.4 is 0 Å². The van der Waals surface area contributed by atoms with Crippen molar-refractivity contribution in [3.8, 4) is 0 Å². The Morgan fingerprint density at radius 2 is 1.70 bits per heavy atom. The van der Waals surface area contributed by atoms with Crippen LogP contribution in [0, 0.1) is 46.3 Å². The van der Waals surface area contributed by atoms with Crippen molar-refractivity contribution >= 4 is 5.97 Å². The number of carboxylic acids is 1. The molecular formula is C26H44O4. The zero-order chi connectivity index (χ0) is 21.7. The van der Waals surface area contributed by atoms with E-state index in [0.717, 1.165) is 24.2 Å². The van der Waals surface area contributed by atoms with Crippen LogP contribution >= 0.6 is 0 Å². The lowest BCUT2D eigenvalue weighted by molar-refractivity contribution is -0.183. The summed E-state index contributed by atoms with van der Waals surface area (Å²) in [6.07, 6.45) is 12.1. The first-order chi connectivity index (χ1) is 14.2. The van der Waals surface area contributed by atoms with Gasteiger partial charge in [-0.3, -0.25) is 4.79 Å². The molecule has 0 aliphatic heterocycles. The predicted octanol–water partition coefficient (Wildman–Crippen LogP) is 5.79. The van der Waals surface area contributed by atoms with Crippen molar-refractivity contribution in [2.24, 2.45) is 46.3 Å². The number of carboxylic acid groups (broad SMARTS) is 1. The maximum atomic E-state index is 11.1. The highest BCUT2D eigenvalue weighted by Gasteiger charge is 2.63. The molecule has 0 heterocycles. The lowest BCUT2D eigenvalue weighted by Crippen LogP contribution is -2.59. The van der Waals surface area contributed by atoms with Gasteiger partial charge >= 0.3 is 5.97 Å². The summed E-state index contributed by atoms with van der Waals surface area (Å²) in [5, 5.41) is 9.17. The van der Waals surface area contributed by atoms with Gasteiger partial charge in [-0.05, 0) is 104 Å². The molecule has 0 aromatic carbocycles. The zero-order valence-electron chi connectivity index (χ0n) is 19.9. The minimum Gasteiger partial charge on any atom is -0.481 e. The highest BCUT2D eigenvalue weighted by atomic mass is 16.5. The first kappa shape index (κ1) is 22.6. The molecule has 4 saturated carbocycles. The van der Waals surface area contributed by atoms with Crippen LogP contribution in [0.2, 0.25) is 0 Å². The molecule has 4 nitrogen and oxygen atoms in total. The van der Waals surface area contributed by atoms with Crippen molar-refractivity contribution in [1.82, 2.24) is 0 Å². The van der Waals surface area contributed by atoms with Gasteiger partial charge < -0.3 is 14.6 Å². The number of fused-ring (bicyclic) bond motifs is 5. The minimum atomic E-state index is -0.650. The maximum Gasteiger partial charge on any atom is 0.303 e. The molecule has 0 saturated heterocycles. The molecule has 172 valence electrons. The third kappa shape index (κ3) is 3.54. The number of hydrogen-bond acceptors (Lipinski definition) is 3. The Morgan fingerprint density at radius 3 is 2.37 bits per heavy atom. The Bertz CT molecular complexity index is 635. The van der Waals surface area contributed by atoms with Gasteiger partial charge in [-0.2, -0.15) is 0 Å². The fourth-order valence-electron chi connectivity index (χ4n) is 9.15. The molecule has 0 aromatic rings. The van der Waals surface area contributed by atoms with E-state index in [1.54, 1.807) is 0 Å². The molecule has 4 aliphatic carbocycles. The molecule has 10 atom stereocenters. The molecule has 4 aliphatic rings. The average Bonchev–Trinajstić information content (AvgIpc) is 3.08. The molecule has 0 unspecified atom stereocenters. The summed E-state index contributed by atoms with van der Waals surface area (Å²) in [5.74, 6) is 3.40. The topological polar surface area (TPSA) is 55.8 Å². The van der Waals surface area contributed by atoms with Gasteiger partial charge in [0.1, 0.15) is 0 Å². The van der Waals surface area contributed by atoms with E-state index in [9.17, 15) is 9.90 Å². The van der Waals surface area contributed by atoms with Crippen LogP contribution in [0.1, 0.15) is 85.0 Å². The standard InChI is InChI=1S/C26H44O4/c1-16(6-9-23(27)28)19-7-8-20-24-21(11-13-26(19,20)3)25(2)12-10-18(29-4)14-17(25)15-22(24)30-5/h16-22,24H,6-15H2,1-5H3,(H,27,28)/t16-,17+,18-,19-,20+,21+,22+,24+,25+,26-/m1/s1. The Hall–Kier alpha value is -0.610. The molecular weight excluding hydrogens is 376 g/mol. The van der Waals surface area contributed by atoms with Gasteiger partial charge in [0.2, 0.25) is 0 Å². The quantitative estimate of drug-likeness (QED) is 0.591. The molecule has 30 heavy (non-hydrogen) atoms. The van der Waals surface area contributed by atoms with E-state index < -0.39 is 5.97 Å². The largest absolute Gasteiger partial charge is 0.481 e. The maximum absolute atomic E-state index is 11.1. The number of hydrogen-bond donors (Lipinski definition) is 1. The van der Waals surface area contributed by atoms with Gasteiger partial charge in [0, 0.05) is 20.6 Å². The van der Waals surface area contributed by atoms with Gasteiger partial charge in [0.05, 0.1) is 12.2 Å². The predicted molar refractivity (Wildman–Crippen MR) is 118 cm³/mol. The highest BCUT2D eigenvalue weighted by molar-refractivity contribution is 5.66. The second-order valence-corrected chi connectivity index (χ2v) is 11.8. The second kappa shape index (κ2) is 8.39. The fourth-order valence-corrected chi connectivity index (χ4v) is 9.15. The van der Waals surface area contributed by atoms with Crippen LogP contribution in [0.4, 0.5) is 0 Å². The number of carbonyl (C=O) groups is 1. The van der Waals surface area contributed by atoms with Crippen molar-refractivity contribution in [1.29, 1.82) is 0 Å². The van der Waals surface area contributed by atoms with E-state index in [-0.39, 0.29) is 0 Å². The molecule has 4 heteroatoms. The summed E-state index contributed by atoms with van der Waals surface area (Å²) in [5.41, 5.74) is 0.784. The summed E-state index contributed by atoms with van der Waals surface area (Å²) >= 11 is 0. The van der Waals surface area contributed by atoms with Crippen LogP contribution in [0.25, 0.3) is 0 Å². The molecule has 0 aromatic heterocycles. The lowest BCUT2D eigenvalue weighted by atomic mass is 9.43. The lowest BCUT2D eigenvalue weighted by Gasteiger charge is -2.63. The van der Waals surface area contributed by atoms with Crippen LogP contribution in [-0.2, 0) is 14.3 Å². The van der Waals surface area contributed by atoms with Crippen molar-refractivity contribution in [3.63, 3.8) is 0 Å². The molecule has 4 fully saturated rings. The summed E-state index contributed by atoms with van der Waals surface area (Å²) in [6, 6.07) is 0. The van der Waals surface area contributed by atoms with E-state index in [1.165, 1.54) is 51.4 Å². The Kier molecular flexibility index (Phi) is 6.31. The number of aliphatic carboxylic acids is 1. The third-order valence-electron chi connectivity index (χ3n) is 10.8. The number of rotatable bonds is 6. The van der Waals surface area contributed by atoms with Gasteiger partial charge in [-0.1, -0.05) is 20.8 Å². The Balaban J connectivity index is 1.57. The molecule has 0 bridgehead atoms. The minimum absolute atomic E-state index is 0.311. The third-order valence-corrected chi connectivity index (χ3v) is 10.8. The van der Waals surface area contributed by atoms with Crippen molar-refractivity contribution in [2.45, 2.75) is 97.2 Å². The number of ether oxygens (including phenoxy) is 2. The monoisotopic (exact) mass is 420 g/mol. The van der Waals surface area contributed by atoms with Crippen molar-refractivity contribution < 1.29 is 19.4 Å². The molecule has 1 N–H and O–H groups in total. The van der Waals surface area contributed by atoms with Crippen molar-refractivity contribution in [2.75, 3.05) is 14.2 Å². The molecule has 0 spiro atoms. The van der Waals surface area contributed by atoms with Crippen LogP contribution in [0.5, 0.6) is 0 Å². The first-order valence-electron chi connectivity index (χ1n) is 12.5. The zero-order valence-corrected chi connectivity index (χ0v) is 19.9. The molecule has 4 rings (SSSR count). The van der Waals surface area contributed by atoms with Crippen molar-refractivity contribution in [3.05, 3.63) is 0 Å². The molecule has 0 amide bonds. The Morgan fingerprint density at radius 1 is 1.00 bits per heavy atom. The van der Waals surface area contributed by atoms with E-state index >= 15 is 0 Å². The van der Waals surface area contributed by atoms with Gasteiger partial charge in [-0.15, -0.1) is 0 Å². The summed E-state index contributed by atoms with van der Waals surface area (Å²) < 4.78 is 12.0. The Labute approximate surface area is 183 Å². The van der Waals surface area contributed by atoms with Crippen LogP contribution in [-0.4, -0.2) is 37.5 Å². The SMILES string of the molecule is CO[C@@H]1CC[C@@]2(C)[C@@H](C1)C[C@H](OC)[C@@H]1[C@@H]2CC[C@]2(C)[C@@H]([C@H](C)CCC(=O)O)CC[C@@H]12. The van der Waals surface area contributed by atoms with Crippen LogP contribution in [0.3, 0.4) is 0 Å². The first-order valence-corrected chi connectivity index (χ1v) is 12.5. The number of methoxy groups -OCH3 is 2. The normalized spacial score (nSPS) is 49.0. The van der Waals surface area contributed by atoms with E-state index in [2.05, 4.69) is 20.8 Å². The summed E-state index contributed by atoms with van der Waals surface area (Å²) in [6.45, 7) is 7.45. The smallest absolute Gasteiger partial charge is 0.303 e. The van der Waals surface area contributed by atoms with Gasteiger partial charge in [0.25, 0.3) is 0 Å². The summed E-state index contributed by atoms with van der Waals surface area (Å²) in [4.78, 5) is 11.1. The van der Waals surface area contributed by atoms with Gasteiger partial charge in [0.15, 0.2) is 0 Å². The van der Waals surface area contributed by atoms with Gasteiger partial charge in [-0.25, -0.2) is 0 Å². The fraction of sp³-hybridized carbons (Fsp3) is 0.962. The van der Waals surface area contributed by atoms with Crippen LogP contribution in [0.15, 0.2) is 0 Å². The summed E-state index contributed by atoms with van der Waals surface area (Å²) in [7, 11) is 3.82. The highest BCUT2D eigenvalue weighted by Crippen LogP contribution is 2.68. The average molecular weight is 421 g/mol.